The maximum atomic E-state index is 11.6. The second kappa shape index (κ2) is 7.66. The lowest BCUT2D eigenvalue weighted by molar-refractivity contribution is -0.121. The van der Waals surface area contributed by atoms with Gasteiger partial charge in [0.2, 0.25) is 5.91 Å². The minimum atomic E-state index is 0.0540. The van der Waals surface area contributed by atoms with Gasteiger partial charge >= 0.3 is 0 Å². The third-order valence-corrected chi connectivity index (χ3v) is 3.79. The summed E-state index contributed by atoms with van der Waals surface area (Å²) in [6.07, 6.45) is 4.19. The minimum absolute atomic E-state index is 0.0540. The SMILES string of the molecule is CCC(N)Cc1cc(Cl)ccc1OCCC(=O)NC1CC1. The van der Waals surface area contributed by atoms with Crippen LogP contribution in [0.3, 0.4) is 0 Å². The van der Waals surface area contributed by atoms with E-state index in [4.69, 9.17) is 22.1 Å². The van der Waals surface area contributed by atoms with Crippen LogP contribution in [0.15, 0.2) is 18.2 Å². The molecule has 116 valence electrons. The van der Waals surface area contributed by atoms with Crippen molar-refractivity contribution < 1.29 is 9.53 Å². The zero-order valence-corrected chi connectivity index (χ0v) is 13.2. The van der Waals surface area contributed by atoms with E-state index in [1.165, 1.54) is 0 Å². The van der Waals surface area contributed by atoms with Crippen LogP contribution in [-0.2, 0) is 11.2 Å². The third-order valence-electron chi connectivity index (χ3n) is 3.56. The van der Waals surface area contributed by atoms with E-state index in [9.17, 15) is 4.79 Å². The second-order valence-electron chi connectivity index (χ2n) is 5.56. The zero-order valence-electron chi connectivity index (χ0n) is 12.4. The van der Waals surface area contributed by atoms with E-state index >= 15 is 0 Å². The lowest BCUT2D eigenvalue weighted by atomic mass is 10.0. The average molecular weight is 311 g/mol. The Balaban J connectivity index is 1.87. The first kappa shape index (κ1) is 16.1. The highest BCUT2D eigenvalue weighted by Crippen LogP contribution is 2.25. The predicted molar refractivity (Wildman–Crippen MR) is 84.7 cm³/mol. The van der Waals surface area contributed by atoms with Crippen LogP contribution < -0.4 is 15.8 Å². The highest BCUT2D eigenvalue weighted by molar-refractivity contribution is 6.30. The Labute approximate surface area is 131 Å². The summed E-state index contributed by atoms with van der Waals surface area (Å²) < 4.78 is 5.74. The number of halogens is 1. The Bertz CT molecular complexity index is 489. The van der Waals surface area contributed by atoms with Crippen LogP contribution in [0.2, 0.25) is 5.02 Å². The van der Waals surface area contributed by atoms with E-state index in [0.29, 0.717) is 24.1 Å². The summed E-state index contributed by atoms with van der Waals surface area (Å²) in [5, 5.41) is 3.62. The van der Waals surface area contributed by atoms with Crippen LogP contribution in [0.4, 0.5) is 0 Å². The van der Waals surface area contributed by atoms with Crippen molar-refractivity contribution in [2.24, 2.45) is 5.73 Å². The molecule has 0 bridgehead atoms. The third kappa shape index (κ3) is 5.56. The van der Waals surface area contributed by atoms with E-state index in [1.54, 1.807) is 6.07 Å². The van der Waals surface area contributed by atoms with Crippen LogP contribution in [0.5, 0.6) is 5.75 Å². The predicted octanol–water partition coefficient (Wildman–Crippen LogP) is 2.67. The second-order valence-corrected chi connectivity index (χ2v) is 6.00. The monoisotopic (exact) mass is 310 g/mol. The molecule has 1 amide bonds. The molecule has 1 aliphatic rings. The summed E-state index contributed by atoms with van der Waals surface area (Å²) in [5.74, 6) is 0.820. The lowest BCUT2D eigenvalue weighted by Gasteiger charge is -2.15. The number of nitrogens with two attached hydrogens (primary N) is 1. The molecule has 0 aromatic heterocycles. The van der Waals surface area contributed by atoms with Crippen molar-refractivity contribution >= 4 is 17.5 Å². The number of rotatable bonds is 8. The summed E-state index contributed by atoms with van der Waals surface area (Å²) in [6.45, 7) is 2.42. The number of carbonyl (C=O) groups excluding carboxylic acids is 1. The summed E-state index contributed by atoms with van der Waals surface area (Å²) in [6, 6.07) is 6.01. The summed E-state index contributed by atoms with van der Waals surface area (Å²) >= 11 is 6.03. The molecular formula is C16H23ClN2O2. The molecule has 1 aliphatic carbocycles. The number of hydrogen-bond donors (Lipinski definition) is 2. The molecule has 1 aromatic rings. The van der Waals surface area contributed by atoms with Crippen molar-refractivity contribution in [2.75, 3.05) is 6.61 Å². The van der Waals surface area contributed by atoms with Gasteiger partial charge in [0.05, 0.1) is 13.0 Å². The molecule has 5 heteroatoms. The number of hydrogen-bond acceptors (Lipinski definition) is 3. The van der Waals surface area contributed by atoms with Crippen molar-refractivity contribution in [3.63, 3.8) is 0 Å². The van der Waals surface area contributed by atoms with Gasteiger partial charge in [-0.1, -0.05) is 18.5 Å². The van der Waals surface area contributed by atoms with Gasteiger partial charge in [-0.05, 0) is 49.4 Å². The Hall–Kier alpha value is -1.26. The van der Waals surface area contributed by atoms with Crippen molar-refractivity contribution in [3.8, 4) is 5.75 Å². The smallest absolute Gasteiger partial charge is 0.223 e. The van der Waals surface area contributed by atoms with E-state index in [2.05, 4.69) is 12.2 Å². The minimum Gasteiger partial charge on any atom is -0.493 e. The van der Waals surface area contributed by atoms with Crippen molar-refractivity contribution in [1.29, 1.82) is 0 Å². The summed E-state index contributed by atoms with van der Waals surface area (Å²) in [5.41, 5.74) is 7.00. The molecule has 2 rings (SSSR count). The van der Waals surface area contributed by atoms with E-state index in [1.807, 2.05) is 12.1 Å². The number of carbonyl (C=O) groups is 1. The number of nitrogens with one attached hydrogen (secondary N) is 1. The van der Waals surface area contributed by atoms with Gasteiger partial charge in [0.25, 0.3) is 0 Å². The first-order valence-corrected chi connectivity index (χ1v) is 7.92. The number of benzene rings is 1. The molecule has 1 unspecified atom stereocenters. The molecule has 0 spiro atoms. The van der Waals surface area contributed by atoms with E-state index in [-0.39, 0.29) is 11.9 Å². The summed E-state index contributed by atoms with van der Waals surface area (Å²) in [7, 11) is 0. The molecule has 0 heterocycles. The van der Waals surface area contributed by atoms with Gasteiger partial charge in [0.1, 0.15) is 5.75 Å². The molecule has 0 saturated heterocycles. The standard InChI is InChI=1S/C16H23ClN2O2/c1-2-13(18)10-11-9-12(17)3-6-15(11)21-8-7-16(20)19-14-4-5-14/h3,6,9,13-14H,2,4-5,7-8,10,18H2,1H3,(H,19,20). The molecular weight excluding hydrogens is 288 g/mol. The Kier molecular flexibility index (Phi) is 5.88. The average Bonchev–Trinajstić information content (AvgIpc) is 3.25. The Morgan fingerprint density at radius 2 is 2.29 bits per heavy atom. The van der Waals surface area contributed by atoms with Gasteiger partial charge in [-0.2, -0.15) is 0 Å². The van der Waals surface area contributed by atoms with Gasteiger partial charge in [0.15, 0.2) is 0 Å². The van der Waals surface area contributed by atoms with E-state index < -0.39 is 0 Å². The molecule has 1 aromatic carbocycles. The number of ether oxygens (including phenoxy) is 1. The van der Waals surface area contributed by atoms with E-state index in [0.717, 1.165) is 37.0 Å². The Morgan fingerprint density at radius 1 is 1.52 bits per heavy atom. The van der Waals surface area contributed by atoms with Gasteiger partial charge in [0, 0.05) is 17.1 Å². The van der Waals surface area contributed by atoms with Gasteiger partial charge < -0.3 is 15.8 Å². The van der Waals surface area contributed by atoms with Crippen LogP contribution in [0.1, 0.15) is 38.2 Å². The van der Waals surface area contributed by atoms with Gasteiger partial charge in [-0.15, -0.1) is 0 Å². The first-order chi connectivity index (χ1) is 10.1. The summed E-state index contributed by atoms with van der Waals surface area (Å²) in [4.78, 5) is 11.6. The largest absolute Gasteiger partial charge is 0.493 e. The molecule has 0 radical (unpaired) electrons. The topological polar surface area (TPSA) is 64.3 Å². The quantitative estimate of drug-likeness (QED) is 0.776. The van der Waals surface area contributed by atoms with Crippen molar-refractivity contribution in [1.82, 2.24) is 5.32 Å². The van der Waals surface area contributed by atoms with Crippen molar-refractivity contribution in [2.45, 2.75) is 51.1 Å². The number of amides is 1. The molecule has 1 fully saturated rings. The molecule has 0 aliphatic heterocycles. The van der Waals surface area contributed by atoms with Crippen LogP contribution in [-0.4, -0.2) is 24.6 Å². The normalized spacial score (nSPS) is 15.6. The van der Waals surface area contributed by atoms with Gasteiger partial charge in [-0.3, -0.25) is 4.79 Å². The molecule has 21 heavy (non-hydrogen) atoms. The fourth-order valence-corrected chi connectivity index (χ4v) is 2.25. The van der Waals surface area contributed by atoms with Crippen molar-refractivity contribution in [3.05, 3.63) is 28.8 Å². The first-order valence-electron chi connectivity index (χ1n) is 7.54. The fraction of sp³-hybridized carbons (Fsp3) is 0.562. The maximum absolute atomic E-state index is 11.6. The zero-order chi connectivity index (χ0) is 15.2. The van der Waals surface area contributed by atoms with Crippen LogP contribution in [0.25, 0.3) is 0 Å². The highest BCUT2D eigenvalue weighted by atomic mass is 35.5. The highest BCUT2D eigenvalue weighted by Gasteiger charge is 2.22. The van der Waals surface area contributed by atoms with Crippen LogP contribution in [0, 0.1) is 0 Å². The molecule has 3 N–H and O–H groups in total. The molecule has 1 saturated carbocycles. The maximum Gasteiger partial charge on any atom is 0.223 e. The Morgan fingerprint density at radius 3 is 2.95 bits per heavy atom. The van der Waals surface area contributed by atoms with Gasteiger partial charge in [-0.25, -0.2) is 0 Å². The molecule has 4 nitrogen and oxygen atoms in total. The fourth-order valence-electron chi connectivity index (χ4n) is 2.06. The molecule has 1 atom stereocenters. The van der Waals surface area contributed by atoms with Crippen LogP contribution >= 0.6 is 11.6 Å². The lowest BCUT2D eigenvalue weighted by Crippen LogP contribution is -2.27.